The number of fused-ring (bicyclic) bond motifs is 3. The van der Waals surface area contributed by atoms with Gasteiger partial charge in [0, 0.05) is 28.5 Å². The third-order valence-corrected chi connectivity index (χ3v) is 6.65. The number of morpholine rings is 1. The van der Waals surface area contributed by atoms with Crippen LogP contribution in [0.1, 0.15) is 13.8 Å². The standard InChI is InChI=1S/C24H26ClN5O5/c1-24(2)12-29(10-20(31)30-9-18(30)23(33)34-3)19(11-35-24)22(32)28-16-7-13(25)6-15-14-4-5-26-8-17(14)27-21(15)16/h4-8,18-19,27H,9-12H2,1-3H3,(H,28,32)/t18?,19-,30?/m0/s1. The van der Waals surface area contributed by atoms with Crippen molar-refractivity contribution in [2.24, 2.45) is 0 Å². The number of aromatic nitrogens is 2. The van der Waals surface area contributed by atoms with Gasteiger partial charge in [-0.25, -0.2) is 4.79 Å². The zero-order chi connectivity index (χ0) is 24.9. The number of hydrogen-bond donors (Lipinski definition) is 2. The summed E-state index contributed by atoms with van der Waals surface area (Å²) in [4.78, 5) is 48.7. The molecular weight excluding hydrogens is 474 g/mol. The fourth-order valence-electron chi connectivity index (χ4n) is 4.61. The van der Waals surface area contributed by atoms with Gasteiger partial charge in [0.05, 0.1) is 55.3 Å². The van der Waals surface area contributed by atoms with Crippen LogP contribution in [-0.2, 0) is 23.9 Å². The lowest BCUT2D eigenvalue weighted by molar-refractivity contribution is -0.150. The summed E-state index contributed by atoms with van der Waals surface area (Å²) in [7, 11) is 1.30. The molecule has 0 radical (unpaired) electrons. The molecule has 10 nitrogen and oxygen atoms in total. The van der Waals surface area contributed by atoms with E-state index in [1.54, 1.807) is 23.4 Å². The molecule has 5 rings (SSSR count). The highest BCUT2D eigenvalue weighted by Gasteiger charge is 2.47. The van der Waals surface area contributed by atoms with Crippen molar-refractivity contribution >= 4 is 56.9 Å². The molecule has 184 valence electrons. The number of amides is 2. The summed E-state index contributed by atoms with van der Waals surface area (Å²) in [5, 5.41) is 5.27. The van der Waals surface area contributed by atoms with Crippen molar-refractivity contribution in [3.05, 3.63) is 35.6 Å². The maximum Gasteiger partial charge on any atom is 0.330 e. The number of nitrogens with one attached hydrogen (secondary N) is 2. The molecule has 0 saturated carbocycles. The number of pyridine rings is 1. The fourth-order valence-corrected chi connectivity index (χ4v) is 4.83. The van der Waals surface area contributed by atoms with Crippen molar-refractivity contribution in [1.29, 1.82) is 0 Å². The zero-order valence-corrected chi connectivity index (χ0v) is 20.4. The Morgan fingerprint density at radius 3 is 2.86 bits per heavy atom. The Hall–Kier alpha value is -3.21. The Kier molecular flexibility index (Phi) is 5.90. The van der Waals surface area contributed by atoms with Gasteiger partial charge in [-0.1, -0.05) is 11.6 Å². The molecule has 2 fully saturated rings. The van der Waals surface area contributed by atoms with E-state index in [4.69, 9.17) is 21.1 Å². The molecule has 11 heteroatoms. The Morgan fingerprint density at radius 2 is 2.09 bits per heavy atom. The van der Waals surface area contributed by atoms with E-state index in [1.807, 2.05) is 26.0 Å². The Bertz CT molecular complexity index is 1340. The van der Waals surface area contributed by atoms with Gasteiger partial charge in [0.2, 0.25) is 11.8 Å². The second-order valence-electron chi connectivity index (χ2n) is 9.49. The summed E-state index contributed by atoms with van der Waals surface area (Å²) in [5.74, 6) is -0.985. The van der Waals surface area contributed by atoms with Gasteiger partial charge in [0.25, 0.3) is 0 Å². The summed E-state index contributed by atoms with van der Waals surface area (Å²) in [6.45, 7) is 4.62. The average molecular weight is 500 g/mol. The molecule has 3 aromatic rings. The van der Waals surface area contributed by atoms with Crippen LogP contribution in [0.3, 0.4) is 0 Å². The number of H-pyrrole nitrogens is 1. The summed E-state index contributed by atoms with van der Waals surface area (Å²) in [6.07, 6.45) is 3.42. The number of carbonyl (C=O) groups is 3. The van der Waals surface area contributed by atoms with Gasteiger partial charge in [-0.3, -0.25) is 19.5 Å². The Balaban J connectivity index is 1.38. The number of halogens is 1. The molecule has 1 unspecified atom stereocenters. The number of methoxy groups -OCH3 is 1. The maximum atomic E-state index is 13.4. The molecule has 2 N–H and O–H groups in total. The molecule has 2 atom stereocenters. The zero-order valence-electron chi connectivity index (χ0n) is 19.6. The third kappa shape index (κ3) is 4.56. The Morgan fingerprint density at radius 1 is 1.29 bits per heavy atom. The first-order valence-electron chi connectivity index (χ1n) is 11.3. The van der Waals surface area contributed by atoms with Crippen LogP contribution in [0.4, 0.5) is 5.69 Å². The highest BCUT2D eigenvalue weighted by molar-refractivity contribution is 6.33. The lowest BCUT2D eigenvalue weighted by atomic mass is 10.0. The van der Waals surface area contributed by atoms with Crippen molar-refractivity contribution in [2.45, 2.75) is 31.5 Å². The summed E-state index contributed by atoms with van der Waals surface area (Å²) < 4.78 is 10.6. The van der Waals surface area contributed by atoms with Crippen molar-refractivity contribution in [2.75, 3.05) is 38.7 Å². The summed E-state index contributed by atoms with van der Waals surface area (Å²) in [6, 6.07) is 4.15. The maximum absolute atomic E-state index is 13.4. The lowest BCUT2D eigenvalue weighted by Crippen LogP contribution is -2.59. The van der Waals surface area contributed by atoms with E-state index in [1.165, 1.54) is 12.0 Å². The van der Waals surface area contributed by atoms with Crippen LogP contribution in [0.2, 0.25) is 5.02 Å². The van der Waals surface area contributed by atoms with Crippen LogP contribution >= 0.6 is 11.6 Å². The van der Waals surface area contributed by atoms with Crippen LogP contribution in [0.15, 0.2) is 30.6 Å². The monoisotopic (exact) mass is 499 g/mol. The van der Waals surface area contributed by atoms with Crippen molar-refractivity contribution in [3.63, 3.8) is 0 Å². The van der Waals surface area contributed by atoms with E-state index in [0.29, 0.717) is 23.8 Å². The molecule has 2 saturated heterocycles. The molecule has 4 heterocycles. The molecule has 1 aromatic carbocycles. The first-order chi connectivity index (χ1) is 16.7. The van der Waals surface area contributed by atoms with E-state index in [0.717, 1.165) is 21.8 Å². The van der Waals surface area contributed by atoms with Gasteiger partial charge in [-0.15, -0.1) is 0 Å². The number of carbonyl (C=O) groups excluding carboxylic acids is 3. The molecule has 0 aliphatic carbocycles. The van der Waals surface area contributed by atoms with E-state index in [-0.39, 0.29) is 25.0 Å². The third-order valence-electron chi connectivity index (χ3n) is 6.44. The first kappa shape index (κ1) is 23.5. The molecule has 0 spiro atoms. The van der Waals surface area contributed by atoms with Crippen LogP contribution in [0.25, 0.3) is 21.8 Å². The number of rotatable bonds is 5. The summed E-state index contributed by atoms with van der Waals surface area (Å²) >= 11 is 6.37. The lowest BCUT2D eigenvalue weighted by Gasteiger charge is -2.42. The predicted molar refractivity (Wildman–Crippen MR) is 130 cm³/mol. The number of aromatic amines is 1. The number of anilines is 1. The number of esters is 1. The van der Waals surface area contributed by atoms with E-state index in [9.17, 15) is 14.4 Å². The van der Waals surface area contributed by atoms with E-state index in [2.05, 4.69) is 15.3 Å². The van der Waals surface area contributed by atoms with Crippen molar-refractivity contribution < 1.29 is 23.9 Å². The van der Waals surface area contributed by atoms with Gasteiger partial charge in [0.1, 0.15) is 12.1 Å². The molecule has 2 aliphatic heterocycles. The molecule has 2 amide bonds. The van der Waals surface area contributed by atoms with Crippen LogP contribution in [0.5, 0.6) is 0 Å². The smallest absolute Gasteiger partial charge is 0.330 e. The van der Waals surface area contributed by atoms with Crippen molar-refractivity contribution in [3.8, 4) is 0 Å². The second-order valence-corrected chi connectivity index (χ2v) is 9.92. The minimum Gasteiger partial charge on any atom is -0.467 e. The molecule has 2 aliphatic rings. The fraction of sp³-hybridized carbons (Fsp3) is 0.417. The molecule has 2 aromatic heterocycles. The van der Waals surface area contributed by atoms with Gasteiger partial charge in [-0.2, -0.15) is 0 Å². The molecule has 35 heavy (non-hydrogen) atoms. The average Bonchev–Trinajstić information content (AvgIpc) is 3.53. The van der Waals surface area contributed by atoms with Crippen LogP contribution in [0, 0.1) is 0 Å². The number of nitrogens with zero attached hydrogens (tertiary/aromatic N) is 3. The topological polar surface area (TPSA) is 117 Å². The summed E-state index contributed by atoms with van der Waals surface area (Å²) in [5.41, 5.74) is 1.55. The Labute approximate surface area is 206 Å². The minimum absolute atomic E-state index is 0.0125. The second kappa shape index (κ2) is 8.78. The van der Waals surface area contributed by atoms with E-state index >= 15 is 0 Å². The normalized spacial score (nSPS) is 21.8. The highest BCUT2D eigenvalue weighted by Crippen LogP contribution is 2.33. The molecular formula is C24H26ClN5O5. The van der Waals surface area contributed by atoms with Crippen LogP contribution in [-0.4, -0.2) is 88.6 Å². The molecule has 0 bridgehead atoms. The highest BCUT2D eigenvalue weighted by atomic mass is 35.5. The van der Waals surface area contributed by atoms with E-state index < -0.39 is 23.7 Å². The quantitative estimate of drug-likeness (QED) is 0.408. The SMILES string of the molecule is COC(=O)C1CN1C(=O)CN1CC(C)(C)OC[C@H]1C(=O)Nc1cc(Cl)cc2c1[nH]c1cnccc12. The largest absolute Gasteiger partial charge is 0.467 e. The van der Waals surface area contributed by atoms with Gasteiger partial charge in [-0.05, 0) is 32.0 Å². The van der Waals surface area contributed by atoms with Crippen LogP contribution < -0.4 is 5.32 Å². The van der Waals surface area contributed by atoms with Gasteiger partial charge in [0.15, 0.2) is 0 Å². The van der Waals surface area contributed by atoms with Gasteiger partial charge < -0.3 is 24.7 Å². The minimum atomic E-state index is -0.705. The van der Waals surface area contributed by atoms with Crippen molar-refractivity contribution in [1.82, 2.24) is 19.8 Å². The van der Waals surface area contributed by atoms with Gasteiger partial charge >= 0.3 is 5.97 Å². The number of hydrogen-bond acceptors (Lipinski definition) is 7. The predicted octanol–water partition coefficient (Wildman–Crippen LogP) is 2.17. The first-order valence-corrected chi connectivity index (χ1v) is 11.7. The number of benzene rings is 1. The number of ether oxygens (including phenoxy) is 2.